The molecule has 23 aromatic rings. The van der Waals surface area contributed by atoms with E-state index in [4.69, 9.17) is 19.8 Å². The van der Waals surface area contributed by atoms with Gasteiger partial charge >= 0.3 is 0 Å². The number of pyridine rings is 4. The molecule has 0 aliphatic heterocycles. The van der Waals surface area contributed by atoms with E-state index in [9.17, 15) is 0 Å². The monoisotopic (exact) mass is 1870 g/mol. The summed E-state index contributed by atoms with van der Waals surface area (Å²) in [6.45, 7) is 20.5. The van der Waals surface area contributed by atoms with Gasteiger partial charge in [-0.25, -0.2) is 0 Å². The minimum Gasteiger partial charge on any atom is -0.493 e. The first-order valence-corrected chi connectivity index (χ1v) is 45.3. The number of nitrogens with zero attached hydrogens (tertiary/aromatic N) is 11. The Kier molecular flexibility index (Phi) is 24.1. The number of aromatic nitrogens is 11. The van der Waals surface area contributed by atoms with Crippen molar-refractivity contribution in [1.29, 1.82) is 0 Å². The molecule has 0 aliphatic carbocycles. The van der Waals surface area contributed by atoms with Gasteiger partial charge in [-0.15, -0.1) is 6.07 Å². The van der Waals surface area contributed by atoms with Gasteiger partial charge < -0.3 is 28.0 Å². The fraction of sp³-hybridized carbons (Fsp3) is 0.154. The molecule has 0 amide bonds. The van der Waals surface area contributed by atoms with Gasteiger partial charge in [0.15, 0.2) is 0 Å². The topological polar surface area (TPSA) is 103 Å². The van der Waals surface area contributed by atoms with Crippen LogP contribution in [0.1, 0.15) is 89.0 Å². The third kappa shape index (κ3) is 16.2. The summed E-state index contributed by atoms with van der Waals surface area (Å²) < 4.78 is 19.3. The zero-order valence-electron chi connectivity index (χ0n) is 74.7. The van der Waals surface area contributed by atoms with Crippen LogP contribution in [0.3, 0.4) is 0 Å². The number of para-hydroxylation sites is 6. The fourth-order valence-corrected chi connectivity index (χ4v) is 18.9. The van der Waals surface area contributed by atoms with Crippen LogP contribution in [-0.4, -0.2) is 59.2 Å². The molecule has 3 unspecified atom stereocenters. The molecule has 3 atom stereocenters. The van der Waals surface area contributed by atoms with Crippen molar-refractivity contribution in [3.63, 3.8) is 0 Å². The van der Waals surface area contributed by atoms with Crippen LogP contribution in [0.4, 0.5) is 0 Å². The zero-order chi connectivity index (χ0) is 87.8. The first kappa shape index (κ1) is 84.8. The van der Waals surface area contributed by atoms with E-state index in [0.717, 1.165) is 127 Å². The molecule has 13 aromatic carbocycles. The van der Waals surface area contributed by atoms with Crippen molar-refractivity contribution >= 4 is 115 Å². The Morgan fingerprint density at radius 2 is 0.823 bits per heavy atom. The van der Waals surface area contributed by atoms with Gasteiger partial charge in [-0.1, -0.05) is 249 Å². The summed E-state index contributed by atoms with van der Waals surface area (Å²) in [7, 11) is 0. The van der Waals surface area contributed by atoms with Crippen molar-refractivity contribution in [1.82, 2.24) is 52.6 Å². The molecule has 0 bridgehead atoms. The van der Waals surface area contributed by atoms with Crippen molar-refractivity contribution in [3.05, 3.63) is 399 Å². The average Bonchev–Trinajstić information content (AvgIpc) is 1.56. The number of hydrogen-bond donors (Lipinski definition) is 0. The third-order valence-electron chi connectivity index (χ3n) is 25.8. The van der Waals surface area contributed by atoms with Gasteiger partial charge in [-0.3, -0.25) is 19.2 Å². The number of hydrogen-bond acceptors (Lipinski definition) is 6. The second-order valence-electron chi connectivity index (χ2n) is 34.4. The number of aryl methyl sites for hydroxylation is 2. The molecule has 10 aromatic heterocycles. The van der Waals surface area contributed by atoms with Crippen LogP contribution in [0.2, 0.25) is 0 Å². The smallest absolute Gasteiger partial charge is 0.119 e. The predicted molar refractivity (Wildman–Crippen MR) is 537 cm³/mol. The van der Waals surface area contributed by atoms with Gasteiger partial charge in [0.2, 0.25) is 0 Å². The molecule has 0 fully saturated rings. The second-order valence-corrected chi connectivity index (χ2v) is 34.4. The Balaban J connectivity index is 0.000000115. The number of benzene rings is 13. The van der Waals surface area contributed by atoms with E-state index in [1.807, 2.05) is 89.2 Å². The minimum absolute atomic E-state index is 0. The Hall–Kier alpha value is -14.6. The van der Waals surface area contributed by atoms with Crippen LogP contribution < -0.4 is 4.74 Å². The van der Waals surface area contributed by atoms with E-state index >= 15 is 0 Å². The summed E-state index contributed by atoms with van der Waals surface area (Å²) >= 11 is 0. The van der Waals surface area contributed by atoms with E-state index in [1.165, 1.54) is 122 Å². The van der Waals surface area contributed by atoms with Crippen LogP contribution in [0.5, 0.6) is 5.75 Å². The molecule has 10 heterocycles. The summed E-state index contributed by atoms with van der Waals surface area (Å²) in [6.07, 6.45) is 11.2. The van der Waals surface area contributed by atoms with Crippen molar-refractivity contribution in [2.24, 2.45) is 17.8 Å². The number of fused-ring (bicyclic) bond motifs is 18. The first-order valence-electron chi connectivity index (χ1n) is 45.3. The molecular weight excluding hydrogens is 1770 g/mol. The van der Waals surface area contributed by atoms with Gasteiger partial charge in [-0.2, -0.15) is 46.6 Å². The van der Waals surface area contributed by atoms with E-state index in [1.54, 1.807) is 6.20 Å². The molecule has 0 saturated heterocycles. The molecule has 12 nitrogen and oxygen atoms in total. The maximum atomic E-state index is 5.86. The van der Waals surface area contributed by atoms with Crippen LogP contribution in [0.15, 0.2) is 358 Å². The summed E-state index contributed by atoms with van der Waals surface area (Å²) in [5, 5.41) is 19.1. The van der Waals surface area contributed by atoms with Crippen molar-refractivity contribution in [2.45, 2.75) is 94.4 Å². The first-order chi connectivity index (χ1) is 63.3. The Labute approximate surface area is 771 Å². The molecule has 0 saturated carbocycles. The molecule has 13 heteroatoms. The normalized spacial score (nSPS) is 12.2. The Morgan fingerprint density at radius 1 is 0.338 bits per heavy atom. The van der Waals surface area contributed by atoms with Crippen LogP contribution in [0, 0.1) is 50.7 Å². The third-order valence-corrected chi connectivity index (χ3v) is 25.8. The zero-order valence-corrected chi connectivity index (χ0v) is 77.1. The molecular formula is C117H101IrN11O-2. The average molecular weight is 1870 g/mol. The van der Waals surface area contributed by atoms with Gasteiger partial charge in [0.05, 0.1) is 78.7 Å². The molecule has 0 spiro atoms. The van der Waals surface area contributed by atoms with E-state index in [0.29, 0.717) is 17.8 Å². The second kappa shape index (κ2) is 37.0. The SMILES string of the molecule is CCC(C)COc1ccc(-c2c(C)nn(-c3[c-]cccc3)c2C)cc1.CCC(C)Cc1cc(-n2c3ccccc3c3ncccc32)cc(-n2c3ccccc3c3ncccc32)c1.CCC(C)Cc1cccc(-n2c3ccccc3c3cc(-c4cccc(-n5c6ccccc6c6ccccc65)c4)ccc32)c1.Cc1cc2c3cccc(-c4ccccc4)c3c3ncc[c-]c3n2n1.[Ir]. The molecule has 23 rings (SSSR count). The number of rotatable bonds is 18. The summed E-state index contributed by atoms with van der Waals surface area (Å²) in [4.78, 5) is 14.2. The summed E-state index contributed by atoms with van der Waals surface area (Å²) in [6, 6.07) is 127. The largest absolute Gasteiger partial charge is 0.493 e. The van der Waals surface area contributed by atoms with Crippen LogP contribution in [-0.2, 0) is 32.9 Å². The van der Waals surface area contributed by atoms with Crippen molar-refractivity contribution < 1.29 is 24.8 Å². The van der Waals surface area contributed by atoms with Gasteiger partial charge in [0, 0.05) is 98.8 Å². The maximum Gasteiger partial charge on any atom is 0.119 e. The minimum atomic E-state index is 0. The maximum absolute atomic E-state index is 5.86. The number of ether oxygens (including phenoxy) is 1. The summed E-state index contributed by atoms with van der Waals surface area (Å²) in [5.74, 6) is 2.77. The van der Waals surface area contributed by atoms with Crippen LogP contribution >= 0.6 is 0 Å². The van der Waals surface area contributed by atoms with E-state index in [2.05, 4.69) is 375 Å². The van der Waals surface area contributed by atoms with Crippen LogP contribution in [0.25, 0.3) is 177 Å². The Bertz CT molecular complexity index is 7780. The van der Waals surface area contributed by atoms with Gasteiger partial charge in [0.25, 0.3) is 0 Å². The Morgan fingerprint density at radius 3 is 1.43 bits per heavy atom. The molecule has 0 N–H and O–H groups in total. The van der Waals surface area contributed by atoms with Crippen molar-refractivity contribution in [3.8, 4) is 67.6 Å². The quantitative estimate of drug-likeness (QED) is 0.0626. The van der Waals surface area contributed by atoms with E-state index < -0.39 is 0 Å². The molecule has 0 aliphatic rings. The molecule has 130 heavy (non-hydrogen) atoms. The summed E-state index contributed by atoms with van der Waals surface area (Å²) in [5.41, 5.74) is 33.3. The predicted octanol–water partition coefficient (Wildman–Crippen LogP) is 29.6. The van der Waals surface area contributed by atoms with Crippen molar-refractivity contribution in [2.75, 3.05) is 6.61 Å². The fourth-order valence-electron chi connectivity index (χ4n) is 18.9. The van der Waals surface area contributed by atoms with Gasteiger partial charge in [0.1, 0.15) is 5.75 Å². The van der Waals surface area contributed by atoms with Gasteiger partial charge in [-0.05, 0) is 245 Å². The molecule has 641 valence electrons. The van der Waals surface area contributed by atoms with E-state index in [-0.39, 0.29) is 20.1 Å². The standard InChI is InChI=1S/C41H34N2.C33H28N4.C22H25N2O.C21H14N3.Ir/c1-3-28(2)24-29-12-10-14-32(25-29)42-40-21-9-6-18-36(40)37-27-31(22-23-41(37)42)30-13-11-15-33(26-30)43-38-19-7-4-16-34(38)35-17-5-8-20-39(35)43;1-3-22(2)18-23-19-24(36-28-12-6-4-10-26(28)32-30(36)14-8-16-34-32)21-25(20-23)37-29-13-7-5-11-27(29)33-31(37)15-9-17-35-33;1-5-16(2)15-25-21-13-11-19(12-14-21)22-17(3)23-24(18(22)4)20-9-7-6-8-10-20;1-14-13-19-17-10-5-9-16(15-7-3-2-4-8-15)20(17)21-18(24(19)23-14)11-6-12-22-21;/h4-23,25-28H,3,24H2,1-2H3;4-17,19-22H,3,18H2,1-2H3;6-9,11-14,16H,5,15H2,1-4H3;2-10,12-13H,1H3;/q;;2*-1;. The molecule has 1 radical (unpaired) electrons.